The van der Waals surface area contributed by atoms with Crippen LogP contribution < -0.4 is 10.6 Å². The number of carbonyl (C=O) groups excluding carboxylic acids is 3. The Kier molecular flexibility index (Phi) is 4.33. The van der Waals surface area contributed by atoms with Gasteiger partial charge in [0.2, 0.25) is 11.8 Å². The summed E-state index contributed by atoms with van der Waals surface area (Å²) in [4.78, 5) is 46.8. The smallest absolute Gasteiger partial charge is 0.323 e. The number of piperidine rings is 1. The number of amides is 3. The first-order valence-electron chi connectivity index (χ1n) is 6.59. The summed E-state index contributed by atoms with van der Waals surface area (Å²) >= 11 is 0. The van der Waals surface area contributed by atoms with Crippen LogP contribution in [0.2, 0.25) is 0 Å². The molecule has 2 aliphatic rings. The number of nitrogens with zero attached hydrogens (tertiary/aromatic N) is 1. The summed E-state index contributed by atoms with van der Waals surface area (Å²) in [5, 5.41) is 14.3. The molecule has 3 N–H and O–H groups in total. The van der Waals surface area contributed by atoms with Crippen molar-refractivity contribution in [1.29, 1.82) is 0 Å². The van der Waals surface area contributed by atoms with E-state index < -0.39 is 30.4 Å². The maximum absolute atomic E-state index is 12.0. The van der Waals surface area contributed by atoms with Gasteiger partial charge >= 0.3 is 5.97 Å². The van der Waals surface area contributed by atoms with Crippen LogP contribution in [0.1, 0.15) is 25.7 Å². The predicted molar refractivity (Wildman–Crippen MR) is 66.5 cm³/mol. The van der Waals surface area contributed by atoms with E-state index in [4.69, 9.17) is 5.11 Å². The van der Waals surface area contributed by atoms with Crippen molar-refractivity contribution < 1.29 is 24.3 Å². The minimum Gasteiger partial charge on any atom is -0.480 e. The summed E-state index contributed by atoms with van der Waals surface area (Å²) in [7, 11) is 0. The number of aliphatic carboxylic acids is 1. The lowest BCUT2D eigenvalue weighted by atomic mass is 10.0. The van der Waals surface area contributed by atoms with Gasteiger partial charge in [-0.1, -0.05) is 0 Å². The normalized spacial score (nSPS) is 26.7. The largest absolute Gasteiger partial charge is 0.480 e. The molecule has 0 unspecified atom stereocenters. The Morgan fingerprint density at radius 1 is 1.35 bits per heavy atom. The van der Waals surface area contributed by atoms with Gasteiger partial charge in [-0.25, -0.2) is 0 Å². The number of hydrogen-bond donors (Lipinski definition) is 3. The highest BCUT2D eigenvalue weighted by Gasteiger charge is 2.37. The second-order valence-corrected chi connectivity index (χ2v) is 4.96. The third-order valence-corrected chi connectivity index (χ3v) is 3.50. The van der Waals surface area contributed by atoms with Crippen LogP contribution in [-0.2, 0) is 19.2 Å². The standard InChI is InChI=1S/C12H17N3O5/c16-9-4-3-8(12(20)15(9)6-10(17)18)14-11(19)7-2-1-5-13-7/h7-8,13H,1-6H2,(H,14,19)(H,17,18)/t7-,8-/m0/s1. The highest BCUT2D eigenvalue weighted by molar-refractivity contribution is 6.03. The molecular weight excluding hydrogens is 266 g/mol. The molecule has 2 rings (SSSR count). The summed E-state index contributed by atoms with van der Waals surface area (Å²) in [6.07, 6.45) is 1.89. The molecule has 2 atom stereocenters. The second kappa shape index (κ2) is 6.00. The maximum atomic E-state index is 12.0. The molecule has 2 saturated heterocycles. The highest BCUT2D eigenvalue weighted by Crippen LogP contribution is 2.14. The number of carboxylic acids is 1. The molecule has 0 saturated carbocycles. The number of hydrogen-bond acceptors (Lipinski definition) is 5. The SMILES string of the molecule is O=C(O)CN1C(=O)CC[C@H](NC(=O)[C@@H]2CCCN2)C1=O. The minimum absolute atomic E-state index is 0.0576. The third kappa shape index (κ3) is 3.13. The minimum atomic E-state index is -1.25. The molecule has 2 heterocycles. The Balaban J connectivity index is 1.97. The summed E-state index contributed by atoms with van der Waals surface area (Å²) in [5.74, 6) is -2.68. The van der Waals surface area contributed by atoms with Gasteiger partial charge in [-0.2, -0.15) is 0 Å². The Bertz CT molecular complexity index is 444. The highest BCUT2D eigenvalue weighted by atomic mass is 16.4. The van der Waals surface area contributed by atoms with Gasteiger partial charge in [-0.15, -0.1) is 0 Å². The van der Waals surface area contributed by atoms with Crippen LogP contribution in [0.15, 0.2) is 0 Å². The van der Waals surface area contributed by atoms with Gasteiger partial charge in [0.05, 0.1) is 6.04 Å². The summed E-state index contributed by atoms with van der Waals surface area (Å²) in [5.41, 5.74) is 0. The van der Waals surface area contributed by atoms with Crippen LogP contribution in [0.5, 0.6) is 0 Å². The molecule has 2 fully saturated rings. The first-order valence-corrected chi connectivity index (χ1v) is 6.59. The zero-order chi connectivity index (χ0) is 14.7. The summed E-state index contributed by atoms with van der Waals surface area (Å²) < 4.78 is 0. The maximum Gasteiger partial charge on any atom is 0.323 e. The fourth-order valence-corrected chi connectivity index (χ4v) is 2.45. The monoisotopic (exact) mass is 283 g/mol. The molecule has 8 heteroatoms. The van der Waals surface area contributed by atoms with E-state index in [1.165, 1.54) is 0 Å². The Labute approximate surface area is 115 Å². The molecule has 0 aliphatic carbocycles. The molecular formula is C12H17N3O5. The van der Waals surface area contributed by atoms with Crippen molar-refractivity contribution >= 4 is 23.7 Å². The average Bonchev–Trinajstić information content (AvgIpc) is 2.91. The lowest BCUT2D eigenvalue weighted by Crippen LogP contribution is -2.57. The van der Waals surface area contributed by atoms with E-state index in [0.29, 0.717) is 11.3 Å². The van der Waals surface area contributed by atoms with Gasteiger partial charge < -0.3 is 15.7 Å². The number of carboxylic acid groups (broad SMARTS) is 1. The summed E-state index contributed by atoms with van der Waals surface area (Å²) in [6, 6.07) is -1.13. The third-order valence-electron chi connectivity index (χ3n) is 3.50. The van der Waals surface area contributed by atoms with Crippen molar-refractivity contribution in [1.82, 2.24) is 15.5 Å². The van der Waals surface area contributed by atoms with Crippen LogP contribution in [0, 0.1) is 0 Å². The molecule has 20 heavy (non-hydrogen) atoms. The number of nitrogens with one attached hydrogen (secondary N) is 2. The molecule has 0 aromatic heterocycles. The van der Waals surface area contributed by atoms with Crippen molar-refractivity contribution in [2.24, 2.45) is 0 Å². The molecule has 0 radical (unpaired) electrons. The van der Waals surface area contributed by atoms with Gasteiger partial charge in [0, 0.05) is 6.42 Å². The number of likely N-dealkylation sites (tertiary alicyclic amines) is 1. The first-order chi connectivity index (χ1) is 9.49. The average molecular weight is 283 g/mol. The van der Waals surface area contributed by atoms with Crippen LogP contribution in [0.25, 0.3) is 0 Å². The van der Waals surface area contributed by atoms with Crippen molar-refractivity contribution in [2.45, 2.75) is 37.8 Å². The molecule has 0 aromatic carbocycles. The van der Waals surface area contributed by atoms with Crippen molar-refractivity contribution in [3.8, 4) is 0 Å². The molecule has 0 spiro atoms. The Morgan fingerprint density at radius 3 is 2.70 bits per heavy atom. The van der Waals surface area contributed by atoms with Gasteiger partial charge in [0.25, 0.3) is 5.91 Å². The van der Waals surface area contributed by atoms with Gasteiger partial charge in [-0.3, -0.25) is 24.1 Å². The van der Waals surface area contributed by atoms with E-state index in [-0.39, 0.29) is 24.8 Å². The van der Waals surface area contributed by atoms with Gasteiger partial charge in [0.15, 0.2) is 0 Å². The van der Waals surface area contributed by atoms with Crippen LogP contribution in [0.3, 0.4) is 0 Å². The number of rotatable bonds is 4. The van der Waals surface area contributed by atoms with Crippen LogP contribution >= 0.6 is 0 Å². The number of carbonyl (C=O) groups is 4. The first kappa shape index (κ1) is 14.4. The van der Waals surface area contributed by atoms with Gasteiger partial charge in [0.1, 0.15) is 12.6 Å². The quantitative estimate of drug-likeness (QED) is 0.538. The molecule has 8 nitrogen and oxygen atoms in total. The van der Waals surface area contributed by atoms with Crippen molar-refractivity contribution in [3.63, 3.8) is 0 Å². The van der Waals surface area contributed by atoms with E-state index in [9.17, 15) is 19.2 Å². The van der Waals surface area contributed by atoms with E-state index >= 15 is 0 Å². The topological polar surface area (TPSA) is 116 Å². The van der Waals surface area contributed by atoms with Crippen molar-refractivity contribution in [2.75, 3.05) is 13.1 Å². The van der Waals surface area contributed by atoms with E-state index in [1.807, 2.05) is 0 Å². The van der Waals surface area contributed by atoms with Crippen molar-refractivity contribution in [3.05, 3.63) is 0 Å². The summed E-state index contributed by atoms with van der Waals surface area (Å²) in [6.45, 7) is 0.103. The second-order valence-electron chi connectivity index (χ2n) is 4.96. The Hall–Kier alpha value is -1.96. The van der Waals surface area contributed by atoms with E-state index in [2.05, 4.69) is 10.6 Å². The number of imide groups is 1. The zero-order valence-corrected chi connectivity index (χ0v) is 10.9. The molecule has 3 amide bonds. The fourth-order valence-electron chi connectivity index (χ4n) is 2.45. The molecule has 2 aliphatic heterocycles. The predicted octanol–water partition coefficient (Wildman–Crippen LogP) is -1.54. The molecule has 110 valence electrons. The van der Waals surface area contributed by atoms with E-state index in [0.717, 1.165) is 13.0 Å². The lowest BCUT2D eigenvalue weighted by Gasteiger charge is -2.30. The Morgan fingerprint density at radius 2 is 2.10 bits per heavy atom. The van der Waals surface area contributed by atoms with Gasteiger partial charge in [-0.05, 0) is 25.8 Å². The van der Waals surface area contributed by atoms with Crippen LogP contribution in [0.4, 0.5) is 0 Å². The van der Waals surface area contributed by atoms with E-state index in [1.54, 1.807) is 0 Å². The fraction of sp³-hybridized carbons (Fsp3) is 0.667. The van der Waals surface area contributed by atoms with Crippen LogP contribution in [-0.4, -0.2) is 58.9 Å². The zero-order valence-electron chi connectivity index (χ0n) is 10.9. The lowest BCUT2D eigenvalue weighted by molar-refractivity contribution is -0.156. The molecule has 0 bridgehead atoms. The molecule has 0 aromatic rings.